The van der Waals surface area contributed by atoms with E-state index < -0.39 is 5.82 Å². The molecule has 0 aliphatic carbocycles. The summed E-state index contributed by atoms with van der Waals surface area (Å²) in [6.07, 6.45) is 4.40. The summed E-state index contributed by atoms with van der Waals surface area (Å²) in [5.74, 6) is -0.862. The smallest absolute Gasteiger partial charge is 0.251 e. The van der Waals surface area contributed by atoms with Crippen LogP contribution in [0.1, 0.15) is 27.9 Å². The van der Waals surface area contributed by atoms with Crippen molar-refractivity contribution in [3.05, 3.63) is 65.2 Å². The molecule has 0 atom stereocenters. The lowest BCUT2D eigenvalue weighted by atomic mass is 10.1. The highest BCUT2D eigenvalue weighted by molar-refractivity contribution is 5.94. The van der Waals surface area contributed by atoms with E-state index in [0.717, 1.165) is 5.56 Å². The van der Waals surface area contributed by atoms with Crippen molar-refractivity contribution in [3.8, 4) is 0 Å². The first-order valence-electron chi connectivity index (χ1n) is 7.76. The predicted octanol–water partition coefficient (Wildman–Crippen LogP) is 2.01. The normalized spacial score (nSPS) is 10.2. The van der Waals surface area contributed by atoms with E-state index in [1.165, 1.54) is 6.07 Å². The minimum atomic E-state index is -0.411. The number of carbonyl (C=O) groups is 2. The summed E-state index contributed by atoms with van der Waals surface area (Å²) in [6, 6.07) is 8.08. The Morgan fingerprint density at radius 1 is 1.17 bits per heavy atom. The van der Waals surface area contributed by atoms with Gasteiger partial charge in [-0.3, -0.25) is 14.6 Å². The Labute approximate surface area is 140 Å². The number of amides is 2. The number of rotatable bonds is 7. The fourth-order valence-electron chi connectivity index (χ4n) is 2.11. The van der Waals surface area contributed by atoms with Crippen molar-refractivity contribution >= 4 is 11.8 Å². The van der Waals surface area contributed by atoms with Crippen molar-refractivity contribution in [3.63, 3.8) is 0 Å². The average Bonchev–Trinajstić information content (AvgIpc) is 2.60. The number of aryl methyl sites for hydroxylation is 2. The topological polar surface area (TPSA) is 71.1 Å². The highest BCUT2D eigenvalue weighted by atomic mass is 19.1. The molecule has 0 unspecified atom stereocenters. The van der Waals surface area contributed by atoms with Crippen LogP contribution in [0.4, 0.5) is 4.39 Å². The summed E-state index contributed by atoms with van der Waals surface area (Å²) in [5.41, 5.74) is 1.76. The predicted molar refractivity (Wildman–Crippen MR) is 89.0 cm³/mol. The van der Waals surface area contributed by atoms with Gasteiger partial charge in [-0.2, -0.15) is 0 Å². The molecule has 2 aromatic rings. The molecule has 1 aromatic carbocycles. The molecule has 0 saturated heterocycles. The van der Waals surface area contributed by atoms with Crippen LogP contribution in [-0.2, 0) is 11.2 Å². The second kappa shape index (κ2) is 8.76. The van der Waals surface area contributed by atoms with Crippen LogP contribution in [0.15, 0.2) is 42.7 Å². The molecule has 126 valence electrons. The summed E-state index contributed by atoms with van der Waals surface area (Å²) >= 11 is 0. The van der Waals surface area contributed by atoms with Gasteiger partial charge in [0.15, 0.2) is 0 Å². The van der Waals surface area contributed by atoms with Crippen molar-refractivity contribution in [2.45, 2.75) is 19.8 Å². The maximum Gasteiger partial charge on any atom is 0.251 e. The second-order valence-corrected chi connectivity index (χ2v) is 5.43. The fraction of sp³-hybridized carbons (Fsp3) is 0.278. The van der Waals surface area contributed by atoms with Gasteiger partial charge in [0.1, 0.15) is 5.82 Å². The van der Waals surface area contributed by atoms with Gasteiger partial charge < -0.3 is 10.6 Å². The Kier molecular flexibility index (Phi) is 6.42. The molecule has 2 amide bonds. The Balaban J connectivity index is 1.65. The molecule has 1 heterocycles. The van der Waals surface area contributed by atoms with Gasteiger partial charge in [0.25, 0.3) is 5.91 Å². The number of hydrogen-bond acceptors (Lipinski definition) is 3. The van der Waals surface area contributed by atoms with E-state index in [-0.39, 0.29) is 23.9 Å². The number of aromatic nitrogens is 1. The number of carbonyl (C=O) groups excluding carboxylic acids is 2. The lowest BCUT2D eigenvalue weighted by molar-refractivity contribution is -0.121. The van der Waals surface area contributed by atoms with Crippen molar-refractivity contribution in [1.82, 2.24) is 15.6 Å². The molecule has 1 aromatic heterocycles. The largest absolute Gasteiger partial charge is 0.354 e. The molecule has 24 heavy (non-hydrogen) atoms. The maximum absolute atomic E-state index is 13.4. The van der Waals surface area contributed by atoms with Crippen molar-refractivity contribution in [1.29, 1.82) is 0 Å². The zero-order valence-corrected chi connectivity index (χ0v) is 13.5. The zero-order chi connectivity index (χ0) is 17.4. The molecule has 0 fully saturated rings. The summed E-state index contributed by atoms with van der Waals surface area (Å²) in [7, 11) is 0. The number of hydrogen-bond donors (Lipinski definition) is 2. The minimum absolute atomic E-state index is 0.0884. The van der Waals surface area contributed by atoms with Gasteiger partial charge in [0.2, 0.25) is 5.91 Å². The molecule has 2 N–H and O–H groups in total. The Hall–Kier alpha value is -2.76. The van der Waals surface area contributed by atoms with Gasteiger partial charge in [0, 0.05) is 37.5 Å². The molecule has 0 bridgehead atoms. The third-order valence-corrected chi connectivity index (χ3v) is 3.53. The van der Waals surface area contributed by atoms with Crippen LogP contribution in [-0.4, -0.2) is 29.9 Å². The first-order valence-corrected chi connectivity index (χ1v) is 7.76. The van der Waals surface area contributed by atoms with Crippen molar-refractivity contribution < 1.29 is 14.0 Å². The monoisotopic (exact) mass is 329 g/mol. The van der Waals surface area contributed by atoms with Gasteiger partial charge in [-0.05, 0) is 42.7 Å². The van der Waals surface area contributed by atoms with E-state index >= 15 is 0 Å². The molecular weight excluding hydrogens is 309 g/mol. The molecule has 0 aliphatic rings. The Bertz CT molecular complexity index is 705. The molecule has 0 aliphatic heterocycles. The molecule has 0 spiro atoms. The van der Waals surface area contributed by atoms with E-state index in [1.807, 2.05) is 12.1 Å². The molecule has 6 heteroatoms. The third kappa shape index (κ3) is 5.46. The van der Waals surface area contributed by atoms with Gasteiger partial charge >= 0.3 is 0 Å². The second-order valence-electron chi connectivity index (χ2n) is 5.43. The van der Waals surface area contributed by atoms with E-state index in [4.69, 9.17) is 0 Å². The van der Waals surface area contributed by atoms with Crippen molar-refractivity contribution in [2.24, 2.45) is 0 Å². The zero-order valence-electron chi connectivity index (χ0n) is 13.5. The summed E-state index contributed by atoms with van der Waals surface area (Å²) in [4.78, 5) is 27.6. The third-order valence-electron chi connectivity index (χ3n) is 3.53. The highest BCUT2D eigenvalue weighted by Gasteiger charge is 2.08. The molecule has 0 saturated carbocycles. The van der Waals surface area contributed by atoms with Crippen LogP contribution < -0.4 is 10.6 Å². The minimum Gasteiger partial charge on any atom is -0.354 e. The van der Waals surface area contributed by atoms with E-state index in [2.05, 4.69) is 15.6 Å². The lowest BCUT2D eigenvalue weighted by Crippen LogP contribution is -2.34. The quantitative estimate of drug-likeness (QED) is 0.763. The average molecular weight is 329 g/mol. The standard InChI is InChI=1S/C18H20FN3O2/c1-13-4-6-15(11-16(13)19)18(24)22-10-9-21-17(23)7-5-14-3-2-8-20-12-14/h2-4,6,8,11-12H,5,7,9-10H2,1H3,(H,21,23)(H,22,24). The van der Waals surface area contributed by atoms with Gasteiger partial charge in [-0.15, -0.1) is 0 Å². The highest BCUT2D eigenvalue weighted by Crippen LogP contribution is 2.08. The maximum atomic E-state index is 13.4. The number of nitrogens with zero attached hydrogens (tertiary/aromatic N) is 1. The molecular formula is C18H20FN3O2. The number of pyridine rings is 1. The number of benzene rings is 1. The van der Waals surface area contributed by atoms with Crippen LogP contribution in [0.5, 0.6) is 0 Å². The van der Waals surface area contributed by atoms with E-state index in [9.17, 15) is 14.0 Å². The summed E-state index contributed by atoms with van der Waals surface area (Å²) in [5, 5.41) is 5.38. The van der Waals surface area contributed by atoms with Gasteiger partial charge in [-0.25, -0.2) is 4.39 Å². The Morgan fingerprint density at radius 2 is 1.96 bits per heavy atom. The summed E-state index contributed by atoms with van der Waals surface area (Å²) < 4.78 is 13.4. The van der Waals surface area contributed by atoms with Crippen LogP contribution in [0, 0.1) is 12.7 Å². The fourth-order valence-corrected chi connectivity index (χ4v) is 2.11. The van der Waals surface area contributed by atoms with Gasteiger partial charge in [0.05, 0.1) is 0 Å². The lowest BCUT2D eigenvalue weighted by Gasteiger charge is -2.08. The summed E-state index contributed by atoms with van der Waals surface area (Å²) in [6.45, 7) is 2.25. The van der Waals surface area contributed by atoms with E-state index in [0.29, 0.717) is 24.9 Å². The number of nitrogens with one attached hydrogen (secondary N) is 2. The number of halogens is 1. The van der Waals surface area contributed by atoms with Crippen LogP contribution >= 0.6 is 0 Å². The SMILES string of the molecule is Cc1ccc(C(=O)NCCNC(=O)CCc2cccnc2)cc1F. The van der Waals surface area contributed by atoms with Crippen LogP contribution in [0.3, 0.4) is 0 Å². The first kappa shape index (κ1) is 17.6. The van der Waals surface area contributed by atoms with Crippen LogP contribution in [0.25, 0.3) is 0 Å². The molecule has 2 rings (SSSR count). The molecule has 0 radical (unpaired) electrons. The first-order chi connectivity index (χ1) is 11.6. The van der Waals surface area contributed by atoms with Gasteiger partial charge in [-0.1, -0.05) is 12.1 Å². The van der Waals surface area contributed by atoms with Crippen LogP contribution in [0.2, 0.25) is 0 Å². The van der Waals surface area contributed by atoms with Crippen molar-refractivity contribution in [2.75, 3.05) is 13.1 Å². The molecule has 5 nitrogen and oxygen atoms in total. The van der Waals surface area contributed by atoms with E-state index in [1.54, 1.807) is 31.5 Å². The Morgan fingerprint density at radius 3 is 2.67 bits per heavy atom.